The lowest BCUT2D eigenvalue weighted by atomic mass is 10.2. The van der Waals surface area contributed by atoms with Gasteiger partial charge in [-0.15, -0.1) is 0 Å². The van der Waals surface area contributed by atoms with E-state index in [0.717, 1.165) is 4.31 Å². The Kier molecular flexibility index (Phi) is 6.80. The van der Waals surface area contributed by atoms with Gasteiger partial charge in [-0.2, -0.15) is 0 Å². The molecule has 0 aliphatic heterocycles. The minimum Gasteiger partial charge on any atom is -0.462 e. The van der Waals surface area contributed by atoms with Crippen molar-refractivity contribution in [1.82, 2.24) is 9.36 Å². The van der Waals surface area contributed by atoms with E-state index >= 15 is 0 Å². The Balaban J connectivity index is 2.10. The van der Waals surface area contributed by atoms with Gasteiger partial charge in [0.15, 0.2) is 0 Å². The Morgan fingerprint density at radius 2 is 1.81 bits per heavy atom. The number of hydrogen-bond donors (Lipinski definition) is 0. The molecule has 8 nitrogen and oxygen atoms in total. The third-order valence-corrected chi connectivity index (χ3v) is 7.32. The number of anilines is 1. The zero-order valence-electron chi connectivity index (χ0n) is 18.2. The van der Waals surface area contributed by atoms with E-state index in [9.17, 15) is 18.0 Å². The highest BCUT2D eigenvalue weighted by molar-refractivity contribution is 7.93. The molecule has 0 bridgehead atoms. The van der Waals surface area contributed by atoms with Crippen molar-refractivity contribution in [2.45, 2.75) is 25.2 Å². The van der Waals surface area contributed by atoms with E-state index in [1.807, 2.05) is 13.0 Å². The number of para-hydroxylation sites is 1. The molecule has 0 saturated carbocycles. The summed E-state index contributed by atoms with van der Waals surface area (Å²) in [6, 6.07) is 12.8. The number of carbonyl (C=O) groups excluding carboxylic acids is 1. The van der Waals surface area contributed by atoms with Crippen molar-refractivity contribution >= 4 is 33.3 Å². The number of nitrogens with zero attached hydrogens (tertiary/aromatic N) is 3. The summed E-state index contributed by atoms with van der Waals surface area (Å²) in [7, 11) is -1.31. The molecule has 32 heavy (non-hydrogen) atoms. The van der Waals surface area contributed by atoms with Crippen molar-refractivity contribution in [3.05, 3.63) is 75.2 Å². The van der Waals surface area contributed by atoms with Gasteiger partial charge < -0.3 is 4.74 Å². The lowest BCUT2D eigenvalue weighted by Gasteiger charge is -2.19. The van der Waals surface area contributed by atoms with Gasteiger partial charge in [-0.1, -0.05) is 36.7 Å². The van der Waals surface area contributed by atoms with Crippen molar-refractivity contribution in [2.24, 2.45) is 7.05 Å². The molecule has 3 rings (SSSR count). The number of hydrogen-bond acceptors (Lipinski definition) is 5. The van der Waals surface area contributed by atoms with Crippen molar-refractivity contribution in [3.8, 4) is 5.69 Å². The molecule has 1 aromatic heterocycles. The molecule has 0 radical (unpaired) electrons. The Morgan fingerprint density at radius 1 is 1.16 bits per heavy atom. The van der Waals surface area contributed by atoms with E-state index in [2.05, 4.69) is 0 Å². The number of aromatic nitrogens is 2. The van der Waals surface area contributed by atoms with Crippen LogP contribution in [0.4, 0.5) is 5.69 Å². The van der Waals surface area contributed by atoms with Crippen LogP contribution in [-0.2, 0) is 21.8 Å². The molecule has 10 heteroatoms. The molecule has 0 atom stereocenters. The molecule has 0 aliphatic carbocycles. The maximum absolute atomic E-state index is 13.4. The largest absolute Gasteiger partial charge is 0.462 e. The zero-order chi connectivity index (χ0) is 23.6. The van der Waals surface area contributed by atoms with E-state index < -0.39 is 21.6 Å². The summed E-state index contributed by atoms with van der Waals surface area (Å²) in [6.07, 6.45) is 0.633. The molecule has 3 aromatic rings. The molecule has 0 N–H and O–H groups in total. The van der Waals surface area contributed by atoms with Crippen LogP contribution in [0, 0.1) is 6.92 Å². The fraction of sp³-hybridized carbons (Fsp3) is 0.273. The van der Waals surface area contributed by atoms with E-state index in [0.29, 0.717) is 17.8 Å². The first-order valence-electron chi connectivity index (χ1n) is 9.90. The number of rotatable bonds is 7. The molecule has 0 saturated heterocycles. The topological polar surface area (TPSA) is 90.6 Å². The van der Waals surface area contributed by atoms with Crippen LogP contribution in [0.25, 0.3) is 5.69 Å². The average Bonchev–Trinajstić information content (AvgIpc) is 3.00. The first kappa shape index (κ1) is 23.6. The van der Waals surface area contributed by atoms with Gasteiger partial charge in [-0.3, -0.25) is 13.8 Å². The van der Waals surface area contributed by atoms with Crippen LogP contribution < -0.4 is 9.86 Å². The van der Waals surface area contributed by atoms with Gasteiger partial charge >= 0.3 is 5.97 Å². The van der Waals surface area contributed by atoms with Crippen LogP contribution in [0.3, 0.4) is 0 Å². The summed E-state index contributed by atoms with van der Waals surface area (Å²) in [6.45, 7) is 3.72. The van der Waals surface area contributed by atoms with Gasteiger partial charge in [0.2, 0.25) is 0 Å². The van der Waals surface area contributed by atoms with E-state index in [1.54, 1.807) is 42.9 Å². The van der Waals surface area contributed by atoms with Gasteiger partial charge in [-0.05, 0) is 43.7 Å². The molecule has 170 valence electrons. The Bertz CT molecular complexity index is 1310. The normalized spacial score (nSPS) is 11.4. The van der Waals surface area contributed by atoms with Crippen LogP contribution in [0.2, 0.25) is 5.02 Å². The second kappa shape index (κ2) is 9.22. The number of sulfonamides is 1. The lowest BCUT2D eigenvalue weighted by molar-refractivity contribution is 0.0505. The lowest BCUT2D eigenvalue weighted by Crippen LogP contribution is -2.32. The third-order valence-electron chi connectivity index (χ3n) is 5.08. The molecule has 1 heterocycles. The molecule has 0 aliphatic rings. The van der Waals surface area contributed by atoms with Gasteiger partial charge in [0, 0.05) is 14.1 Å². The Labute approximate surface area is 191 Å². The molecule has 0 fully saturated rings. The summed E-state index contributed by atoms with van der Waals surface area (Å²) >= 11 is 6.19. The van der Waals surface area contributed by atoms with Gasteiger partial charge in [0.25, 0.3) is 15.6 Å². The highest BCUT2D eigenvalue weighted by Gasteiger charge is 2.31. The standard InChI is InChI=1S/C22H24ClN3O5S/c1-5-13-31-22(28)16-11-12-18(23)19(14-16)32(29,30)25(4)20-15(2)24(3)26(21(20)27)17-9-7-6-8-10-17/h6-12,14H,5,13H2,1-4H3. The quantitative estimate of drug-likeness (QED) is 0.485. The second-order valence-electron chi connectivity index (χ2n) is 7.16. The molecular formula is C22H24ClN3O5S. The maximum atomic E-state index is 13.4. The maximum Gasteiger partial charge on any atom is 0.338 e. The first-order chi connectivity index (χ1) is 15.1. The smallest absolute Gasteiger partial charge is 0.338 e. The van der Waals surface area contributed by atoms with Crippen molar-refractivity contribution in [2.75, 3.05) is 18.0 Å². The summed E-state index contributed by atoms with van der Waals surface area (Å²) < 4.78 is 35.8. The number of esters is 1. The fourth-order valence-electron chi connectivity index (χ4n) is 3.29. The number of benzene rings is 2. The number of halogens is 1. The van der Waals surface area contributed by atoms with E-state index in [1.165, 1.54) is 29.9 Å². The van der Waals surface area contributed by atoms with Crippen LogP contribution in [-0.4, -0.2) is 37.4 Å². The monoisotopic (exact) mass is 477 g/mol. The zero-order valence-corrected chi connectivity index (χ0v) is 19.8. The van der Waals surface area contributed by atoms with Crippen molar-refractivity contribution in [1.29, 1.82) is 0 Å². The summed E-state index contributed by atoms with van der Waals surface area (Å²) in [5.74, 6) is -0.648. The molecule has 0 spiro atoms. The van der Waals surface area contributed by atoms with Gasteiger partial charge in [0.05, 0.1) is 28.6 Å². The molecule has 0 amide bonds. The Hall–Kier alpha value is -3.04. The van der Waals surface area contributed by atoms with Gasteiger partial charge in [-0.25, -0.2) is 17.9 Å². The summed E-state index contributed by atoms with van der Waals surface area (Å²) in [5.41, 5.74) is 0.572. The van der Waals surface area contributed by atoms with Crippen molar-refractivity contribution in [3.63, 3.8) is 0 Å². The second-order valence-corrected chi connectivity index (χ2v) is 9.51. The highest BCUT2D eigenvalue weighted by Crippen LogP contribution is 2.29. The molecular weight excluding hydrogens is 454 g/mol. The average molecular weight is 478 g/mol. The van der Waals surface area contributed by atoms with Crippen LogP contribution in [0.15, 0.2) is 58.2 Å². The van der Waals surface area contributed by atoms with E-state index in [-0.39, 0.29) is 27.8 Å². The highest BCUT2D eigenvalue weighted by atomic mass is 35.5. The van der Waals surface area contributed by atoms with Crippen LogP contribution >= 0.6 is 11.6 Å². The predicted octanol–water partition coefficient (Wildman–Crippen LogP) is 3.53. The van der Waals surface area contributed by atoms with Crippen molar-refractivity contribution < 1.29 is 17.9 Å². The summed E-state index contributed by atoms with van der Waals surface area (Å²) in [5, 5.41) is -0.0686. The summed E-state index contributed by atoms with van der Waals surface area (Å²) in [4.78, 5) is 25.2. The van der Waals surface area contributed by atoms with Gasteiger partial charge in [0.1, 0.15) is 10.6 Å². The number of ether oxygens (including phenoxy) is 1. The Morgan fingerprint density at radius 3 is 2.44 bits per heavy atom. The third kappa shape index (κ3) is 4.18. The van der Waals surface area contributed by atoms with E-state index in [4.69, 9.17) is 16.3 Å². The first-order valence-corrected chi connectivity index (χ1v) is 11.7. The molecule has 0 unspecified atom stereocenters. The minimum atomic E-state index is -4.26. The minimum absolute atomic E-state index is 0.0219. The molecule has 2 aromatic carbocycles. The van der Waals surface area contributed by atoms with Crippen LogP contribution in [0.5, 0.6) is 0 Å². The predicted molar refractivity (Wildman–Crippen MR) is 123 cm³/mol. The fourth-order valence-corrected chi connectivity index (χ4v) is 5.04. The number of carbonyl (C=O) groups is 1. The van der Waals surface area contributed by atoms with Crippen LogP contribution in [0.1, 0.15) is 29.4 Å². The SMILES string of the molecule is CCCOC(=O)c1ccc(Cl)c(S(=O)(=O)N(C)c2c(C)n(C)n(-c3ccccc3)c2=O)c1.